The van der Waals surface area contributed by atoms with Gasteiger partial charge in [-0.1, -0.05) is 13.0 Å². The maximum Gasteiger partial charge on any atom is 0.157 e. The summed E-state index contributed by atoms with van der Waals surface area (Å²) in [5.41, 5.74) is -0.466. The molecule has 0 N–H and O–H groups in total. The van der Waals surface area contributed by atoms with Crippen molar-refractivity contribution in [1.82, 2.24) is 4.90 Å². The minimum atomic E-state index is -0.466. The van der Waals surface area contributed by atoms with Crippen LogP contribution in [-0.4, -0.2) is 37.0 Å². The molecule has 4 heteroatoms. The molecule has 0 bridgehead atoms. The Kier molecular flexibility index (Phi) is 3.97. The highest BCUT2D eigenvalue weighted by atomic mass is 32.1. The summed E-state index contributed by atoms with van der Waals surface area (Å²) in [7, 11) is 0. The Morgan fingerprint density at radius 1 is 1.53 bits per heavy atom. The second kappa shape index (κ2) is 5.29. The number of ketones is 1. The topological polar surface area (TPSA) is 29.5 Å². The van der Waals surface area contributed by atoms with Crippen LogP contribution in [0, 0.1) is 0 Å². The van der Waals surface area contributed by atoms with Crippen LogP contribution in [0.2, 0.25) is 0 Å². The Labute approximate surface area is 106 Å². The van der Waals surface area contributed by atoms with Crippen LogP contribution in [0.25, 0.3) is 0 Å². The fourth-order valence-corrected chi connectivity index (χ4v) is 3.31. The smallest absolute Gasteiger partial charge is 0.157 e. The lowest BCUT2D eigenvalue weighted by atomic mass is 9.90. The predicted octanol–water partition coefficient (Wildman–Crippen LogP) is 2.27. The lowest BCUT2D eigenvalue weighted by Gasteiger charge is -2.41. The van der Waals surface area contributed by atoms with Crippen molar-refractivity contribution in [3.05, 3.63) is 22.4 Å². The normalized spacial score (nSPS) is 21.1. The second-order valence-electron chi connectivity index (χ2n) is 4.43. The Balaban J connectivity index is 2.32. The number of ether oxygens (including phenoxy) is 1. The number of morpholine rings is 1. The number of carbonyl (C=O) groups is 1. The van der Waals surface area contributed by atoms with Crippen molar-refractivity contribution in [3.8, 4) is 0 Å². The molecule has 0 spiro atoms. The minimum Gasteiger partial charge on any atom is -0.379 e. The molecule has 3 nitrogen and oxygen atoms in total. The number of rotatable bonds is 4. The van der Waals surface area contributed by atoms with Crippen molar-refractivity contribution in [2.75, 3.05) is 26.3 Å². The van der Waals surface area contributed by atoms with E-state index >= 15 is 0 Å². The van der Waals surface area contributed by atoms with Gasteiger partial charge in [-0.3, -0.25) is 9.69 Å². The van der Waals surface area contributed by atoms with E-state index < -0.39 is 5.54 Å². The molecule has 0 radical (unpaired) electrons. The predicted molar refractivity (Wildman–Crippen MR) is 69.4 cm³/mol. The first kappa shape index (κ1) is 12.7. The SMILES string of the molecule is CCC(=O)C(C)(c1cccs1)N1CCOCC1. The first-order valence-corrected chi connectivity index (χ1v) is 6.97. The van der Waals surface area contributed by atoms with Crippen LogP contribution in [0.5, 0.6) is 0 Å². The van der Waals surface area contributed by atoms with Crippen molar-refractivity contribution in [1.29, 1.82) is 0 Å². The molecule has 1 fully saturated rings. The molecular weight excluding hydrogens is 234 g/mol. The van der Waals surface area contributed by atoms with Gasteiger partial charge in [0.2, 0.25) is 0 Å². The Morgan fingerprint density at radius 3 is 2.76 bits per heavy atom. The van der Waals surface area contributed by atoms with Gasteiger partial charge in [0.25, 0.3) is 0 Å². The lowest BCUT2D eigenvalue weighted by Crippen LogP contribution is -2.53. The molecule has 1 saturated heterocycles. The fraction of sp³-hybridized carbons (Fsp3) is 0.615. The standard InChI is InChI=1S/C13H19NO2S/c1-3-11(15)13(2,12-5-4-10-17-12)14-6-8-16-9-7-14/h4-5,10H,3,6-9H2,1-2H3. The summed E-state index contributed by atoms with van der Waals surface area (Å²) < 4.78 is 5.38. The van der Waals surface area contributed by atoms with Crippen molar-refractivity contribution >= 4 is 17.1 Å². The highest BCUT2D eigenvalue weighted by Crippen LogP contribution is 2.34. The van der Waals surface area contributed by atoms with Crippen molar-refractivity contribution in [2.24, 2.45) is 0 Å². The number of carbonyl (C=O) groups excluding carboxylic acids is 1. The molecule has 0 aliphatic carbocycles. The number of hydrogen-bond donors (Lipinski definition) is 0. The maximum absolute atomic E-state index is 12.4. The van der Waals surface area contributed by atoms with Crippen LogP contribution < -0.4 is 0 Å². The number of hydrogen-bond acceptors (Lipinski definition) is 4. The molecule has 1 aromatic rings. The fourth-order valence-electron chi connectivity index (χ4n) is 2.38. The molecule has 0 aromatic carbocycles. The molecule has 94 valence electrons. The zero-order valence-corrected chi connectivity index (χ0v) is 11.3. The van der Waals surface area contributed by atoms with E-state index in [1.807, 2.05) is 18.4 Å². The number of Topliss-reactive ketones (excluding diaryl/α,β-unsaturated/α-hetero) is 1. The molecule has 1 aliphatic rings. The summed E-state index contributed by atoms with van der Waals surface area (Å²) in [5.74, 6) is 0.293. The highest BCUT2D eigenvalue weighted by molar-refractivity contribution is 7.10. The third kappa shape index (κ3) is 2.30. The summed E-state index contributed by atoms with van der Waals surface area (Å²) in [5, 5.41) is 2.04. The number of thiophene rings is 1. The summed E-state index contributed by atoms with van der Waals surface area (Å²) >= 11 is 1.66. The van der Waals surface area contributed by atoms with Gasteiger partial charge in [0.05, 0.1) is 13.2 Å². The quantitative estimate of drug-likeness (QED) is 0.824. The summed E-state index contributed by atoms with van der Waals surface area (Å²) in [6, 6.07) is 4.08. The van der Waals surface area contributed by atoms with Gasteiger partial charge in [0.1, 0.15) is 5.54 Å². The second-order valence-corrected chi connectivity index (χ2v) is 5.37. The van der Waals surface area contributed by atoms with Gasteiger partial charge >= 0.3 is 0 Å². The summed E-state index contributed by atoms with van der Waals surface area (Å²) in [4.78, 5) is 15.8. The van der Waals surface area contributed by atoms with E-state index in [2.05, 4.69) is 17.9 Å². The molecule has 1 aromatic heterocycles. The maximum atomic E-state index is 12.4. The zero-order valence-electron chi connectivity index (χ0n) is 10.4. The third-order valence-corrected chi connectivity index (χ3v) is 4.59. The van der Waals surface area contributed by atoms with Gasteiger partial charge in [0, 0.05) is 24.4 Å². The monoisotopic (exact) mass is 253 g/mol. The van der Waals surface area contributed by atoms with Crippen LogP contribution >= 0.6 is 11.3 Å². The molecule has 0 amide bonds. The molecule has 2 rings (SSSR count). The average molecular weight is 253 g/mol. The van der Waals surface area contributed by atoms with Gasteiger partial charge in [-0.05, 0) is 18.4 Å². The van der Waals surface area contributed by atoms with E-state index in [0.717, 1.165) is 31.2 Å². The average Bonchev–Trinajstić information content (AvgIpc) is 2.92. The van der Waals surface area contributed by atoms with Crippen LogP contribution in [0.1, 0.15) is 25.1 Å². The summed E-state index contributed by atoms with van der Waals surface area (Å²) in [6.45, 7) is 7.10. The molecule has 0 saturated carbocycles. The van der Waals surface area contributed by atoms with Crippen molar-refractivity contribution < 1.29 is 9.53 Å². The molecule has 1 atom stereocenters. The highest BCUT2D eigenvalue weighted by Gasteiger charge is 2.41. The number of nitrogens with zero attached hydrogens (tertiary/aromatic N) is 1. The van der Waals surface area contributed by atoms with Crippen LogP contribution in [0.4, 0.5) is 0 Å². The van der Waals surface area contributed by atoms with Crippen LogP contribution in [0.3, 0.4) is 0 Å². The summed E-state index contributed by atoms with van der Waals surface area (Å²) in [6.07, 6.45) is 0.575. The van der Waals surface area contributed by atoms with E-state index in [1.54, 1.807) is 11.3 Å². The van der Waals surface area contributed by atoms with E-state index in [4.69, 9.17) is 4.74 Å². The van der Waals surface area contributed by atoms with E-state index in [-0.39, 0.29) is 0 Å². The molecule has 17 heavy (non-hydrogen) atoms. The largest absolute Gasteiger partial charge is 0.379 e. The molecule has 1 unspecified atom stereocenters. The van der Waals surface area contributed by atoms with Gasteiger partial charge in [-0.2, -0.15) is 0 Å². The molecule has 2 heterocycles. The van der Waals surface area contributed by atoms with Crippen molar-refractivity contribution in [3.63, 3.8) is 0 Å². The molecular formula is C13H19NO2S. The van der Waals surface area contributed by atoms with E-state index in [1.165, 1.54) is 0 Å². The van der Waals surface area contributed by atoms with Crippen LogP contribution in [0.15, 0.2) is 17.5 Å². The van der Waals surface area contributed by atoms with Gasteiger partial charge in [-0.15, -0.1) is 11.3 Å². The van der Waals surface area contributed by atoms with E-state index in [9.17, 15) is 4.79 Å². The lowest BCUT2D eigenvalue weighted by molar-refractivity contribution is -0.133. The van der Waals surface area contributed by atoms with E-state index in [0.29, 0.717) is 12.2 Å². The van der Waals surface area contributed by atoms with Crippen molar-refractivity contribution in [2.45, 2.75) is 25.8 Å². The zero-order chi connectivity index (χ0) is 12.3. The Morgan fingerprint density at radius 2 is 2.24 bits per heavy atom. The molecule has 1 aliphatic heterocycles. The minimum absolute atomic E-state index is 0.293. The Hall–Kier alpha value is -0.710. The Bertz CT molecular complexity index is 371. The van der Waals surface area contributed by atoms with Gasteiger partial charge in [0.15, 0.2) is 5.78 Å². The first-order valence-electron chi connectivity index (χ1n) is 6.09. The van der Waals surface area contributed by atoms with Gasteiger partial charge in [-0.25, -0.2) is 0 Å². The first-order chi connectivity index (χ1) is 8.19. The third-order valence-electron chi connectivity index (χ3n) is 3.51. The van der Waals surface area contributed by atoms with Gasteiger partial charge < -0.3 is 4.74 Å². The van der Waals surface area contributed by atoms with Crippen LogP contribution in [-0.2, 0) is 15.1 Å².